The fourth-order valence-corrected chi connectivity index (χ4v) is 3.91. The smallest absolute Gasteiger partial charge is 0.289 e. The molecule has 0 radical (unpaired) electrons. The monoisotopic (exact) mass is 381 g/mol. The van der Waals surface area contributed by atoms with E-state index in [4.69, 9.17) is 4.42 Å². The zero-order valence-electron chi connectivity index (χ0n) is 16.5. The van der Waals surface area contributed by atoms with Crippen molar-refractivity contribution in [2.24, 2.45) is 5.92 Å². The first kappa shape index (κ1) is 18.7. The van der Waals surface area contributed by atoms with Crippen LogP contribution in [0.1, 0.15) is 37.2 Å². The first-order valence-corrected chi connectivity index (χ1v) is 10.1. The standard InChI is InChI=1S/C22H27N3O3/c1-15(2)21(26)23-17-5-3-16(4-6-17)19-7-8-20(28-19)22(27)25-14-13-24-11-9-18(25)10-12-24/h3-8,15,18H,9-14H2,1-2H3,(H,23,26). The number of anilines is 1. The van der Waals surface area contributed by atoms with E-state index in [0.29, 0.717) is 17.6 Å². The van der Waals surface area contributed by atoms with Crippen LogP contribution in [0.25, 0.3) is 11.3 Å². The molecule has 0 unspecified atom stereocenters. The number of carbonyl (C=O) groups is 2. The maximum Gasteiger partial charge on any atom is 0.289 e. The normalized spacial score (nSPS) is 21.6. The number of hydrogen-bond donors (Lipinski definition) is 1. The predicted octanol–water partition coefficient (Wildman–Crippen LogP) is 3.46. The van der Waals surface area contributed by atoms with E-state index in [1.54, 1.807) is 6.07 Å². The van der Waals surface area contributed by atoms with E-state index in [1.165, 1.54) is 0 Å². The van der Waals surface area contributed by atoms with Crippen LogP contribution in [0.3, 0.4) is 0 Å². The molecule has 3 aliphatic heterocycles. The molecule has 0 saturated carbocycles. The highest BCUT2D eigenvalue weighted by atomic mass is 16.4. The molecule has 2 amide bonds. The maximum absolute atomic E-state index is 13.0. The first-order valence-electron chi connectivity index (χ1n) is 10.1. The highest BCUT2D eigenvalue weighted by molar-refractivity contribution is 5.93. The summed E-state index contributed by atoms with van der Waals surface area (Å²) in [5, 5.41) is 2.87. The van der Waals surface area contributed by atoms with E-state index in [0.717, 1.165) is 50.3 Å². The zero-order chi connectivity index (χ0) is 19.7. The van der Waals surface area contributed by atoms with Crippen LogP contribution in [0.5, 0.6) is 0 Å². The summed E-state index contributed by atoms with van der Waals surface area (Å²) in [6.07, 6.45) is 2.09. The third-order valence-corrected chi connectivity index (χ3v) is 5.69. The molecule has 2 bridgehead atoms. The van der Waals surface area contributed by atoms with E-state index in [1.807, 2.05) is 49.1 Å². The van der Waals surface area contributed by atoms with Crippen molar-refractivity contribution in [2.75, 3.05) is 31.5 Å². The summed E-state index contributed by atoms with van der Waals surface area (Å²) in [4.78, 5) is 29.2. The lowest BCUT2D eigenvalue weighted by Crippen LogP contribution is -2.41. The molecule has 0 aliphatic carbocycles. The lowest BCUT2D eigenvalue weighted by Gasteiger charge is -2.30. The lowest BCUT2D eigenvalue weighted by atomic mass is 10.1. The molecule has 6 heteroatoms. The third kappa shape index (κ3) is 3.83. The minimum Gasteiger partial charge on any atom is -0.451 e. The number of rotatable bonds is 4. The van der Waals surface area contributed by atoms with Gasteiger partial charge in [-0.15, -0.1) is 0 Å². The molecule has 0 spiro atoms. The predicted molar refractivity (Wildman–Crippen MR) is 108 cm³/mol. The highest BCUT2D eigenvalue weighted by Gasteiger charge is 2.33. The Kier molecular flexibility index (Phi) is 5.22. The van der Waals surface area contributed by atoms with Crippen LogP contribution in [0.2, 0.25) is 0 Å². The van der Waals surface area contributed by atoms with Crippen molar-refractivity contribution in [3.63, 3.8) is 0 Å². The fourth-order valence-electron chi connectivity index (χ4n) is 3.91. The highest BCUT2D eigenvalue weighted by Crippen LogP contribution is 2.27. The number of benzene rings is 1. The Morgan fingerprint density at radius 3 is 2.39 bits per heavy atom. The van der Waals surface area contributed by atoms with Crippen LogP contribution >= 0.6 is 0 Å². The molecule has 5 rings (SSSR count). The van der Waals surface area contributed by atoms with Gasteiger partial charge in [0, 0.05) is 49.4 Å². The quantitative estimate of drug-likeness (QED) is 0.881. The summed E-state index contributed by atoms with van der Waals surface area (Å²) < 4.78 is 5.90. The second-order valence-electron chi connectivity index (χ2n) is 7.96. The van der Waals surface area contributed by atoms with Crippen molar-refractivity contribution in [1.82, 2.24) is 9.80 Å². The Hall–Kier alpha value is -2.60. The largest absolute Gasteiger partial charge is 0.451 e. The molecule has 6 nitrogen and oxygen atoms in total. The molecule has 3 saturated heterocycles. The average molecular weight is 381 g/mol. The van der Waals surface area contributed by atoms with Gasteiger partial charge in [-0.3, -0.25) is 9.59 Å². The fraction of sp³-hybridized carbons (Fsp3) is 0.455. The molecule has 4 heterocycles. The molecule has 3 fully saturated rings. The second kappa shape index (κ2) is 7.80. The number of hydrogen-bond acceptors (Lipinski definition) is 4. The van der Waals surface area contributed by atoms with Crippen LogP contribution in [-0.4, -0.2) is 53.8 Å². The van der Waals surface area contributed by atoms with Gasteiger partial charge in [-0.25, -0.2) is 0 Å². The van der Waals surface area contributed by atoms with E-state index in [-0.39, 0.29) is 17.7 Å². The zero-order valence-corrected chi connectivity index (χ0v) is 16.5. The van der Waals surface area contributed by atoms with Crippen LogP contribution in [0.4, 0.5) is 5.69 Å². The van der Waals surface area contributed by atoms with Crippen molar-refractivity contribution < 1.29 is 14.0 Å². The summed E-state index contributed by atoms with van der Waals surface area (Å²) in [5.74, 6) is 0.965. The number of amides is 2. The molecule has 3 aliphatic rings. The van der Waals surface area contributed by atoms with Crippen LogP contribution < -0.4 is 5.32 Å². The van der Waals surface area contributed by atoms with E-state index < -0.39 is 0 Å². The van der Waals surface area contributed by atoms with Gasteiger partial charge in [0.1, 0.15) is 5.76 Å². The average Bonchev–Trinajstić information content (AvgIpc) is 3.01. The molecule has 1 N–H and O–H groups in total. The third-order valence-electron chi connectivity index (χ3n) is 5.69. The summed E-state index contributed by atoms with van der Waals surface area (Å²) in [7, 11) is 0. The molecule has 2 aromatic rings. The number of nitrogens with one attached hydrogen (secondary N) is 1. The van der Waals surface area contributed by atoms with Crippen LogP contribution in [-0.2, 0) is 4.79 Å². The Morgan fingerprint density at radius 1 is 1.00 bits per heavy atom. The second-order valence-corrected chi connectivity index (χ2v) is 7.96. The number of furan rings is 1. The summed E-state index contributed by atoms with van der Waals surface area (Å²) >= 11 is 0. The first-order chi connectivity index (χ1) is 13.5. The van der Waals surface area contributed by atoms with Crippen molar-refractivity contribution in [3.8, 4) is 11.3 Å². The van der Waals surface area contributed by atoms with Gasteiger partial charge < -0.3 is 19.5 Å². The molecule has 28 heavy (non-hydrogen) atoms. The molecular formula is C22H27N3O3. The Labute approximate surface area is 165 Å². The van der Waals surface area contributed by atoms with Gasteiger partial charge in [-0.1, -0.05) is 13.8 Å². The van der Waals surface area contributed by atoms with Gasteiger partial charge in [-0.2, -0.15) is 0 Å². The topological polar surface area (TPSA) is 65.8 Å². The molecule has 1 aromatic heterocycles. The number of piperidine rings is 1. The summed E-state index contributed by atoms with van der Waals surface area (Å²) in [5.41, 5.74) is 1.63. The maximum atomic E-state index is 13.0. The Bertz CT molecular complexity index is 848. The molecule has 0 atom stereocenters. The summed E-state index contributed by atoms with van der Waals surface area (Å²) in [6.45, 7) is 7.59. The summed E-state index contributed by atoms with van der Waals surface area (Å²) in [6, 6.07) is 11.4. The van der Waals surface area contributed by atoms with Gasteiger partial charge in [0.25, 0.3) is 5.91 Å². The van der Waals surface area contributed by atoms with E-state index >= 15 is 0 Å². The van der Waals surface area contributed by atoms with Crippen LogP contribution in [0, 0.1) is 5.92 Å². The van der Waals surface area contributed by atoms with Crippen molar-refractivity contribution >= 4 is 17.5 Å². The van der Waals surface area contributed by atoms with Gasteiger partial charge in [-0.05, 0) is 49.2 Å². The van der Waals surface area contributed by atoms with Crippen LogP contribution in [0.15, 0.2) is 40.8 Å². The Morgan fingerprint density at radius 2 is 1.71 bits per heavy atom. The molecule has 1 aromatic carbocycles. The van der Waals surface area contributed by atoms with Crippen molar-refractivity contribution in [2.45, 2.75) is 32.7 Å². The van der Waals surface area contributed by atoms with E-state index in [2.05, 4.69) is 10.2 Å². The van der Waals surface area contributed by atoms with Gasteiger partial charge in [0.15, 0.2) is 5.76 Å². The van der Waals surface area contributed by atoms with E-state index in [9.17, 15) is 9.59 Å². The molecule has 148 valence electrons. The minimum atomic E-state index is -0.0655. The van der Waals surface area contributed by atoms with Crippen molar-refractivity contribution in [1.29, 1.82) is 0 Å². The van der Waals surface area contributed by atoms with Gasteiger partial charge in [0.2, 0.25) is 5.91 Å². The van der Waals surface area contributed by atoms with Crippen molar-refractivity contribution in [3.05, 3.63) is 42.2 Å². The number of nitrogens with zero attached hydrogens (tertiary/aromatic N) is 2. The molecular weight excluding hydrogens is 354 g/mol. The Balaban J connectivity index is 1.46. The lowest BCUT2D eigenvalue weighted by molar-refractivity contribution is -0.118. The number of fused-ring (bicyclic) bond motifs is 4. The van der Waals surface area contributed by atoms with Gasteiger partial charge >= 0.3 is 0 Å². The van der Waals surface area contributed by atoms with Gasteiger partial charge in [0.05, 0.1) is 0 Å². The SMILES string of the molecule is CC(C)C(=O)Nc1ccc(-c2ccc(C(=O)N3CCN4CCC3CC4)o2)cc1. The number of carbonyl (C=O) groups excluding carboxylic acids is 2. The minimum absolute atomic E-state index is 0.0124.